The Balaban J connectivity index is 1.71. The Labute approximate surface area is 134 Å². The van der Waals surface area contributed by atoms with Crippen molar-refractivity contribution in [2.75, 3.05) is 6.54 Å². The minimum absolute atomic E-state index is 0.459. The van der Waals surface area contributed by atoms with E-state index in [0.29, 0.717) is 5.56 Å². The molecule has 0 aliphatic carbocycles. The zero-order chi connectivity index (χ0) is 15.5. The minimum Gasteiger partial charge on any atom is -0.288 e. The van der Waals surface area contributed by atoms with Crippen LogP contribution in [0.5, 0.6) is 0 Å². The normalized spacial score (nSPS) is 14.5. The molecule has 2 aromatic rings. The third kappa shape index (κ3) is 3.32. The smallest absolute Gasteiger partial charge is 0.274 e. The molecule has 0 saturated heterocycles. The third-order valence-corrected chi connectivity index (χ3v) is 4.86. The molecule has 0 fully saturated rings. The van der Waals surface area contributed by atoms with Gasteiger partial charge in [0.05, 0.1) is 0 Å². The molecule has 1 aliphatic heterocycles. The lowest BCUT2D eigenvalue weighted by molar-refractivity contribution is 0.0706. The Morgan fingerprint density at radius 2 is 1.95 bits per heavy atom. The molecule has 2 aromatic carbocycles. The van der Waals surface area contributed by atoms with Crippen molar-refractivity contribution in [1.82, 2.24) is 9.79 Å². The summed E-state index contributed by atoms with van der Waals surface area (Å²) in [4.78, 5) is 12.7. The zero-order valence-electron chi connectivity index (χ0n) is 12.4. The molecule has 0 radical (unpaired) electrons. The van der Waals surface area contributed by atoms with Crippen molar-refractivity contribution in [3.05, 3.63) is 64.7 Å². The van der Waals surface area contributed by atoms with Crippen molar-refractivity contribution in [1.29, 1.82) is 0 Å². The highest BCUT2D eigenvalue weighted by molar-refractivity contribution is 7.97. The monoisotopic (exact) mass is 314 g/mol. The lowest BCUT2D eigenvalue weighted by Gasteiger charge is -2.27. The molecule has 1 amide bonds. The minimum atomic E-state index is -0.459. The summed E-state index contributed by atoms with van der Waals surface area (Å²) in [6.45, 7) is 3.89. The average molecular weight is 314 g/mol. The number of amides is 1. The highest BCUT2D eigenvalue weighted by Crippen LogP contribution is 2.29. The van der Waals surface area contributed by atoms with Gasteiger partial charge < -0.3 is 0 Å². The fraction of sp³-hybridized carbons (Fsp3) is 0.235. The van der Waals surface area contributed by atoms with Crippen LogP contribution in [0.1, 0.15) is 27.0 Å². The van der Waals surface area contributed by atoms with Crippen LogP contribution in [0.3, 0.4) is 0 Å². The molecule has 0 bridgehead atoms. The van der Waals surface area contributed by atoms with Gasteiger partial charge in [0.1, 0.15) is 0 Å². The summed E-state index contributed by atoms with van der Waals surface area (Å²) in [5.41, 5.74) is 5.87. The van der Waals surface area contributed by atoms with Crippen molar-refractivity contribution in [2.24, 2.45) is 0 Å². The van der Waals surface area contributed by atoms with E-state index >= 15 is 0 Å². The van der Waals surface area contributed by atoms with Gasteiger partial charge in [-0.15, -0.1) is 0 Å². The van der Waals surface area contributed by atoms with Crippen molar-refractivity contribution >= 4 is 17.9 Å². The molecule has 2 N–H and O–H groups in total. The second-order valence-electron chi connectivity index (χ2n) is 5.44. The van der Waals surface area contributed by atoms with Gasteiger partial charge in [-0.1, -0.05) is 23.8 Å². The molecule has 1 aliphatic rings. The van der Waals surface area contributed by atoms with Crippen molar-refractivity contribution in [3.8, 4) is 0 Å². The summed E-state index contributed by atoms with van der Waals surface area (Å²) in [7, 11) is 0. The largest absolute Gasteiger partial charge is 0.288 e. The van der Waals surface area contributed by atoms with Crippen LogP contribution in [-0.2, 0) is 13.0 Å². The maximum atomic E-state index is 11.5. The second kappa shape index (κ2) is 6.52. The third-order valence-electron chi connectivity index (χ3n) is 3.80. The molecule has 3 rings (SSSR count). The zero-order valence-corrected chi connectivity index (χ0v) is 13.2. The number of carbonyl (C=O) groups excluding carboxylic acids is 1. The lowest BCUT2D eigenvalue weighted by Crippen LogP contribution is -2.25. The van der Waals surface area contributed by atoms with Crippen LogP contribution in [0, 0.1) is 6.92 Å². The molecule has 1 heterocycles. The predicted molar refractivity (Wildman–Crippen MR) is 86.8 cm³/mol. The van der Waals surface area contributed by atoms with Crippen LogP contribution in [-0.4, -0.2) is 22.0 Å². The van der Waals surface area contributed by atoms with Crippen LogP contribution in [0.25, 0.3) is 0 Å². The fourth-order valence-electron chi connectivity index (χ4n) is 2.56. The van der Waals surface area contributed by atoms with E-state index in [-0.39, 0.29) is 0 Å². The standard InChI is InChI=1S/C17H18N2O2S/c1-12-2-6-16(7-3-12)22-19-9-8-13-10-14(17(20)18-21)4-5-15(13)11-19/h2-7,10,21H,8-9,11H2,1H3,(H,18,20). The van der Waals surface area contributed by atoms with E-state index in [4.69, 9.17) is 5.21 Å². The Hall–Kier alpha value is -1.82. The van der Waals surface area contributed by atoms with Crippen LogP contribution >= 0.6 is 11.9 Å². The van der Waals surface area contributed by atoms with Crippen molar-refractivity contribution < 1.29 is 10.0 Å². The molecule has 0 saturated carbocycles. The van der Waals surface area contributed by atoms with E-state index in [2.05, 4.69) is 35.5 Å². The van der Waals surface area contributed by atoms with E-state index in [9.17, 15) is 4.79 Å². The predicted octanol–water partition coefficient (Wildman–Crippen LogP) is 3.18. The quantitative estimate of drug-likeness (QED) is 0.519. The van der Waals surface area contributed by atoms with Gasteiger partial charge in [0.2, 0.25) is 0 Å². The summed E-state index contributed by atoms with van der Waals surface area (Å²) in [6.07, 6.45) is 0.904. The Bertz CT molecular complexity index is 686. The fourth-order valence-corrected chi connectivity index (χ4v) is 3.50. The van der Waals surface area contributed by atoms with Gasteiger partial charge in [0.25, 0.3) is 5.91 Å². The Morgan fingerprint density at radius 3 is 2.68 bits per heavy atom. The van der Waals surface area contributed by atoms with Gasteiger partial charge in [0.15, 0.2) is 0 Å². The highest BCUT2D eigenvalue weighted by atomic mass is 32.2. The first-order valence-electron chi connectivity index (χ1n) is 7.21. The number of fused-ring (bicyclic) bond motifs is 1. The van der Waals surface area contributed by atoms with Gasteiger partial charge in [-0.25, -0.2) is 9.79 Å². The SMILES string of the molecule is Cc1ccc(SN2CCc3cc(C(=O)NO)ccc3C2)cc1. The maximum absolute atomic E-state index is 11.5. The van der Waals surface area contributed by atoms with E-state index in [1.54, 1.807) is 23.5 Å². The molecule has 0 unspecified atom stereocenters. The number of rotatable bonds is 3. The second-order valence-corrected chi connectivity index (χ2v) is 6.61. The molecule has 22 heavy (non-hydrogen) atoms. The number of nitrogens with zero attached hydrogens (tertiary/aromatic N) is 1. The summed E-state index contributed by atoms with van der Waals surface area (Å²) in [5, 5.41) is 8.71. The highest BCUT2D eigenvalue weighted by Gasteiger charge is 2.18. The molecule has 114 valence electrons. The van der Waals surface area contributed by atoms with Gasteiger partial charge in [-0.3, -0.25) is 10.0 Å². The summed E-state index contributed by atoms with van der Waals surface area (Å²) < 4.78 is 2.33. The Morgan fingerprint density at radius 1 is 1.18 bits per heavy atom. The van der Waals surface area contributed by atoms with Gasteiger partial charge in [-0.2, -0.15) is 0 Å². The van der Waals surface area contributed by atoms with Crippen LogP contribution < -0.4 is 5.48 Å². The van der Waals surface area contributed by atoms with E-state index in [0.717, 1.165) is 19.5 Å². The number of hydrogen-bond acceptors (Lipinski definition) is 4. The first-order chi connectivity index (χ1) is 10.7. The van der Waals surface area contributed by atoms with E-state index in [1.807, 2.05) is 12.1 Å². The number of benzene rings is 2. The summed E-state index contributed by atoms with van der Waals surface area (Å²) >= 11 is 1.77. The van der Waals surface area contributed by atoms with Gasteiger partial charge in [0, 0.05) is 23.5 Å². The number of hydroxylamine groups is 1. The van der Waals surface area contributed by atoms with Crippen molar-refractivity contribution in [2.45, 2.75) is 24.8 Å². The maximum Gasteiger partial charge on any atom is 0.274 e. The first-order valence-corrected chi connectivity index (χ1v) is 7.99. The van der Waals surface area contributed by atoms with Gasteiger partial charge in [-0.05, 0) is 60.7 Å². The molecule has 0 aromatic heterocycles. The number of hydrogen-bond donors (Lipinski definition) is 2. The molecule has 4 nitrogen and oxygen atoms in total. The average Bonchev–Trinajstić information content (AvgIpc) is 2.55. The Kier molecular flexibility index (Phi) is 4.47. The molecule has 5 heteroatoms. The first kappa shape index (κ1) is 15.1. The lowest BCUT2D eigenvalue weighted by atomic mass is 9.98. The van der Waals surface area contributed by atoms with Crippen LogP contribution in [0.4, 0.5) is 0 Å². The number of carbonyl (C=O) groups is 1. The topological polar surface area (TPSA) is 52.6 Å². The van der Waals surface area contributed by atoms with Crippen LogP contribution in [0.2, 0.25) is 0 Å². The number of nitrogens with one attached hydrogen (secondary N) is 1. The molecular weight excluding hydrogens is 296 g/mol. The van der Waals surface area contributed by atoms with E-state index < -0.39 is 5.91 Å². The van der Waals surface area contributed by atoms with Crippen molar-refractivity contribution in [3.63, 3.8) is 0 Å². The van der Waals surface area contributed by atoms with Crippen LogP contribution in [0.15, 0.2) is 47.4 Å². The van der Waals surface area contributed by atoms with E-state index in [1.165, 1.54) is 21.6 Å². The summed E-state index contributed by atoms with van der Waals surface area (Å²) in [6, 6.07) is 14.1. The summed E-state index contributed by atoms with van der Waals surface area (Å²) in [5.74, 6) is -0.459. The molecule has 0 atom stereocenters. The molecular formula is C17H18N2O2S. The molecule has 0 spiro atoms. The van der Waals surface area contributed by atoms with Gasteiger partial charge >= 0.3 is 0 Å². The number of aryl methyl sites for hydroxylation is 1.